The van der Waals surface area contributed by atoms with Gasteiger partial charge in [0.1, 0.15) is 5.75 Å². The highest BCUT2D eigenvalue weighted by atomic mass is 35.5. The number of carbonyl (C=O) groups excluding carboxylic acids is 1. The van der Waals surface area contributed by atoms with E-state index in [-0.39, 0.29) is 11.9 Å². The lowest BCUT2D eigenvalue weighted by Crippen LogP contribution is -2.38. The number of amides is 1. The van der Waals surface area contributed by atoms with Gasteiger partial charge in [0, 0.05) is 24.7 Å². The van der Waals surface area contributed by atoms with Gasteiger partial charge >= 0.3 is 0 Å². The average molecular weight is 297 g/mol. The molecule has 1 aliphatic rings. The van der Waals surface area contributed by atoms with Crippen molar-refractivity contribution in [1.29, 1.82) is 0 Å². The number of halogens is 1. The Morgan fingerprint density at radius 1 is 1.55 bits per heavy atom. The fourth-order valence-electron chi connectivity index (χ4n) is 2.33. The van der Waals surface area contributed by atoms with Gasteiger partial charge in [-0.25, -0.2) is 0 Å². The van der Waals surface area contributed by atoms with Crippen molar-refractivity contribution in [3.8, 4) is 5.75 Å². The predicted molar refractivity (Wildman–Crippen MR) is 80.6 cm³/mol. The van der Waals surface area contributed by atoms with E-state index in [1.165, 1.54) is 0 Å². The van der Waals surface area contributed by atoms with Crippen LogP contribution in [0, 0.1) is 0 Å². The summed E-state index contributed by atoms with van der Waals surface area (Å²) in [5.74, 6) is 0.575. The number of rotatable bonds is 5. The summed E-state index contributed by atoms with van der Waals surface area (Å²) in [4.78, 5) is 14.4. The molecule has 1 atom stereocenters. The normalized spacial score (nSPS) is 18.1. The molecule has 2 rings (SSSR count). The summed E-state index contributed by atoms with van der Waals surface area (Å²) in [5.41, 5.74) is 0.542. The smallest absolute Gasteiger partial charge is 0.257 e. The molecular formula is C15H21ClN2O2. The zero-order chi connectivity index (χ0) is 14.5. The van der Waals surface area contributed by atoms with Crippen molar-refractivity contribution >= 4 is 17.5 Å². The van der Waals surface area contributed by atoms with Crippen LogP contribution in [0.5, 0.6) is 5.75 Å². The fraction of sp³-hybridized carbons (Fsp3) is 0.533. The molecule has 0 radical (unpaired) electrons. The second-order valence-corrected chi connectivity index (χ2v) is 5.49. The monoisotopic (exact) mass is 296 g/mol. The van der Waals surface area contributed by atoms with Crippen molar-refractivity contribution in [3.05, 3.63) is 28.8 Å². The highest BCUT2D eigenvalue weighted by molar-refractivity contribution is 6.31. The number of hydrogen-bond acceptors (Lipinski definition) is 3. The Bertz CT molecular complexity index is 473. The summed E-state index contributed by atoms with van der Waals surface area (Å²) in [7, 11) is 1.84. The molecule has 0 saturated carbocycles. The first-order valence-electron chi connectivity index (χ1n) is 7.03. The number of likely N-dealkylation sites (N-methyl/N-ethyl adjacent to an activating group) is 1. The minimum Gasteiger partial charge on any atom is -0.493 e. The third-order valence-corrected chi connectivity index (χ3v) is 3.77. The number of carbonyl (C=O) groups is 1. The Labute approximate surface area is 125 Å². The van der Waals surface area contributed by atoms with Crippen molar-refractivity contribution in [3.63, 3.8) is 0 Å². The quantitative estimate of drug-likeness (QED) is 0.908. The van der Waals surface area contributed by atoms with Crippen molar-refractivity contribution in [2.45, 2.75) is 25.8 Å². The molecule has 1 heterocycles. The van der Waals surface area contributed by atoms with E-state index in [0.717, 1.165) is 25.9 Å². The Morgan fingerprint density at radius 2 is 2.35 bits per heavy atom. The first-order valence-corrected chi connectivity index (χ1v) is 7.41. The van der Waals surface area contributed by atoms with Crippen LogP contribution < -0.4 is 10.1 Å². The lowest BCUT2D eigenvalue weighted by molar-refractivity contribution is 0.0739. The molecule has 5 heteroatoms. The van der Waals surface area contributed by atoms with Crippen LogP contribution in [0.25, 0.3) is 0 Å². The van der Waals surface area contributed by atoms with E-state index in [9.17, 15) is 4.79 Å². The molecule has 1 N–H and O–H groups in total. The fourth-order valence-corrected chi connectivity index (χ4v) is 2.51. The largest absolute Gasteiger partial charge is 0.493 e. The molecule has 0 spiro atoms. The zero-order valence-corrected chi connectivity index (χ0v) is 12.7. The maximum Gasteiger partial charge on any atom is 0.257 e. The lowest BCUT2D eigenvalue weighted by atomic mass is 10.1. The highest BCUT2D eigenvalue weighted by Crippen LogP contribution is 2.25. The van der Waals surface area contributed by atoms with Crippen molar-refractivity contribution in [1.82, 2.24) is 10.2 Å². The molecule has 1 aromatic carbocycles. The van der Waals surface area contributed by atoms with Crippen LogP contribution in [0.15, 0.2) is 18.2 Å². The standard InChI is InChI=1S/C15H21ClN2O2/c1-3-8-20-14-5-4-11(16)9-13(14)15(19)18(2)12-6-7-17-10-12/h4-5,9,12,17H,3,6-8,10H2,1-2H3. The highest BCUT2D eigenvalue weighted by Gasteiger charge is 2.26. The Hall–Kier alpha value is -1.26. The number of nitrogens with zero attached hydrogens (tertiary/aromatic N) is 1. The molecule has 1 aliphatic heterocycles. The van der Waals surface area contributed by atoms with E-state index in [2.05, 4.69) is 5.32 Å². The molecule has 0 aromatic heterocycles. The molecule has 1 amide bonds. The van der Waals surface area contributed by atoms with Gasteiger partial charge in [0.2, 0.25) is 0 Å². The van der Waals surface area contributed by atoms with Gasteiger partial charge in [-0.1, -0.05) is 18.5 Å². The lowest BCUT2D eigenvalue weighted by Gasteiger charge is -2.25. The first-order chi connectivity index (χ1) is 9.63. The molecule has 4 nitrogen and oxygen atoms in total. The summed E-state index contributed by atoms with van der Waals surface area (Å²) in [6.45, 7) is 4.43. The Balaban J connectivity index is 2.20. The van der Waals surface area contributed by atoms with E-state index >= 15 is 0 Å². The molecular weight excluding hydrogens is 276 g/mol. The minimum absolute atomic E-state index is 0.0349. The molecule has 0 aliphatic carbocycles. The van der Waals surface area contributed by atoms with Gasteiger partial charge in [-0.2, -0.15) is 0 Å². The molecule has 1 saturated heterocycles. The maximum absolute atomic E-state index is 12.6. The van der Waals surface area contributed by atoms with Crippen LogP contribution in [0.1, 0.15) is 30.1 Å². The number of hydrogen-bond donors (Lipinski definition) is 1. The van der Waals surface area contributed by atoms with Crippen LogP contribution in [-0.2, 0) is 0 Å². The van der Waals surface area contributed by atoms with E-state index in [1.807, 2.05) is 14.0 Å². The maximum atomic E-state index is 12.6. The van der Waals surface area contributed by atoms with Crippen molar-refractivity contribution in [2.24, 2.45) is 0 Å². The SMILES string of the molecule is CCCOc1ccc(Cl)cc1C(=O)N(C)C1CCNC1. The number of nitrogens with one attached hydrogen (secondary N) is 1. The van der Waals surface area contributed by atoms with Gasteiger partial charge in [0.25, 0.3) is 5.91 Å². The molecule has 0 bridgehead atoms. The van der Waals surface area contributed by atoms with Gasteiger partial charge in [0.15, 0.2) is 0 Å². The number of ether oxygens (including phenoxy) is 1. The van der Waals surface area contributed by atoms with Gasteiger partial charge in [-0.15, -0.1) is 0 Å². The zero-order valence-electron chi connectivity index (χ0n) is 12.0. The van der Waals surface area contributed by atoms with Crippen molar-refractivity contribution < 1.29 is 9.53 Å². The number of benzene rings is 1. The van der Waals surface area contributed by atoms with E-state index in [4.69, 9.17) is 16.3 Å². The summed E-state index contributed by atoms with van der Waals surface area (Å²) in [5, 5.41) is 3.82. The van der Waals surface area contributed by atoms with Crippen LogP contribution in [0.4, 0.5) is 0 Å². The van der Waals surface area contributed by atoms with E-state index in [0.29, 0.717) is 22.9 Å². The van der Waals surface area contributed by atoms with Crippen LogP contribution in [0.2, 0.25) is 5.02 Å². The van der Waals surface area contributed by atoms with E-state index in [1.54, 1.807) is 23.1 Å². The Kier molecular flexibility index (Phi) is 5.26. The van der Waals surface area contributed by atoms with E-state index < -0.39 is 0 Å². The molecule has 1 aromatic rings. The summed E-state index contributed by atoms with van der Waals surface area (Å²) >= 11 is 6.02. The topological polar surface area (TPSA) is 41.6 Å². The van der Waals surface area contributed by atoms with Gasteiger partial charge in [-0.05, 0) is 37.6 Å². The van der Waals surface area contributed by atoms with Crippen molar-refractivity contribution in [2.75, 3.05) is 26.7 Å². The third-order valence-electron chi connectivity index (χ3n) is 3.54. The average Bonchev–Trinajstić information content (AvgIpc) is 2.98. The second-order valence-electron chi connectivity index (χ2n) is 5.05. The van der Waals surface area contributed by atoms with Gasteiger partial charge in [0.05, 0.1) is 12.2 Å². The molecule has 20 heavy (non-hydrogen) atoms. The minimum atomic E-state index is -0.0349. The third kappa shape index (κ3) is 3.44. The van der Waals surface area contributed by atoms with Crippen LogP contribution in [-0.4, -0.2) is 43.6 Å². The first kappa shape index (κ1) is 15.1. The molecule has 1 fully saturated rings. The molecule has 110 valence electrons. The summed E-state index contributed by atoms with van der Waals surface area (Å²) in [6, 6.07) is 5.45. The Morgan fingerprint density at radius 3 is 3.00 bits per heavy atom. The van der Waals surface area contributed by atoms with Gasteiger partial charge in [-0.3, -0.25) is 4.79 Å². The summed E-state index contributed by atoms with van der Waals surface area (Å²) < 4.78 is 5.65. The predicted octanol–water partition coefficient (Wildman–Crippen LogP) is 2.56. The van der Waals surface area contributed by atoms with Crippen LogP contribution in [0.3, 0.4) is 0 Å². The van der Waals surface area contributed by atoms with Crippen LogP contribution >= 0.6 is 11.6 Å². The van der Waals surface area contributed by atoms with Gasteiger partial charge < -0.3 is 15.0 Å². The summed E-state index contributed by atoms with van der Waals surface area (Å²) in [6.07, 6.45) is 1.88. The second kappa shape index (κ2) is 6.95. The molecule has 1 unspecified atom stereocenters.